The first-order valence-corrected chi connectivity index (χ1v) is 13.9. The molecule has 1 saturated heterocycles. The Hall–Kier alpha value is -3.95. The number of anilines is 3. The molecule has 1 aromatic carbocycles. The van der Waals surface area contributed by atoms with Crippen molar-refractivity contribution < 1.29 is 19.4 Å². The Morgan fingerprint density at radius 2 is 1.97 bits per heavy atom. The van der Waals surface area contributed by atoms with E-state index in [4.69, 9.17) is 19.4 Å². The summed E-state index contributed by atoms with van der Waals surface area (Å²) in [6.07, 6.45) is 9.74. The Morgan fingerprint density at radius 3 is 2.77 bits per heavy atom. The fourth-order valence-corrected chi connectivity index (χ4v) is 6.51. The van der Waals surface area contributed by atoms with Crippen molar-refractivity contribution in [1.29, 1.82) is 0 Å². The van der Waals surface area contributed by atoms with Crippen LogP contribution in [0.15, 0.2) is 48.9 Å². The number of carboxylic acids is 1. The monoisotopic (exact) mass is 530 g/mol. The standard InChI is InChI=1S/C29H34N6O4/c1-2-38-24-7-3-4-8-25(24)39-20-6-5-11-35(17-20)27-16-30-15-26(33-27)34-29-31-10-9-23(32-29)21-13-19-12-18(21)14-22(19)28(36)37/h3-4,7-10,15-16,18-22H,2,5-6,11-14,17H2,1H3,(H,36,37)(H,31,32,33,34)/t18?,19?,20-,21?,22?/m1/s1. The second-order valence-electron chi connectivity index (χ2n) is 10.7. The van der Waals surface area contributed by atoms with Gasteiger partial charge in [-0.15, -0.1) is 0 Å². The highest BCUT2D eigenvalue weighted by molar-refractivity contribution is 5.71. The first-order chi connectivity index (χ1) is 19.1. The number of aliphatic carboxylic acids is 1. The summed E-state index contributed by atoms with van der Waals surface area (Å²) in [7, 11) is 0. The Labute approximate surface area is 227 Å². The topological polar surface area (TPSA) is 123 Å². The molecule has 2 aliphatic carbocycles. The molecule has 2 saturated carbocycles. The number of fused-ring (bicyclic) bond motifs is 2. The number of aromatic nitrogens is 4. The quantitative estimate of drug-likeness (QED) is 0.403. The highest BCUT2D eigenvalue weighted by Gasteiger charge is 2.49. The second-order valence-corrected chi connectivity index (χ2v) is 10.7. The van der Waals surface area contributed by atoms with Crippen LogP contribution in [0, 0.1) is 17.8 Å². The summed E-state index contributed by atoms with van der Waals surface area (Å²) in [5.41, 5.74) is 0.969. The zero-order chi connectivity index (χ0) is 26.8. The van der Waals surface area contributed by atoms with Crippen molar-refractivity contribution in [2.75, 3.05) is 29.9 Å². The SMILES string of the molecule is CCOc1ccccc1O[C@@H]1CCCN(c2cncc(Nc3nccc(C4CC5CC4CC5C(=O)O)n3)n2)C1. The summed E-state index contributed by atoms with van der Waals surface area (Å²) < 4.78 is 12.1. The van der Waals surface area contributed by atoms with Gasteiger partial charge >= 0.3 is 5.97 Å². The van der Waals surface area contributed by atoms with Crippen molar-refractivity contribution in [2.24, 2.45) is 17.8 Å². The van der Waals surface area contributed by atoms with E-state index in [0.29, 0.717) is 30.8 Å². The zero-order valence-corrected chi connectivity index (χ0v) is 22.1. The molecule has 3 fully saturated rings. The van der Waals surface area contributed by atoms with Crippen molar-refractivity contribution in [3.63, 3.8) is 0 Å². The van der Waals surface area contributed by atoms with Crippen LogP contribution in [-0.4, -0.2) is 56.8 Å². The van der Waals surface area contributed by atoms with Crippen LogP contribution in [0.25, 0.3) is 0 Å². The fourth-order valence-electron chi connectivity index (χ4n) is 6.51. The van der Waals surface area contributed by atoms with E-state index >= 15 is 0 Å². The van der Waals surface area contributed by atoms with Gasteiger partial charge in [-0.2, -0.15) is 0 Å². The number of benzene rings is 1. The van der Waals surface area contributed by atoms with Gasteiger partial charge in [-0.1, -0.05) is 12.1 Å². The Balaban J connectivity index is 1.11. The molecule has 2 aromatic heterocycles. The first kappa shape index (κ1) is 25.3. The van der Waals surface area contributed by atoms with Crippen LogP contribution in [0.3, 0.4) is 0 Å². The van der Waals surface area contributed by atoms with E-state index in [-0.39, 0.29) is 23.9 Å². The molecule has 0 amide bonds. The molecular weight excluding hydrogens is 496 g/mol. The molecule has 39 heavy (non-hydrogen) atoms. The minimum absolute atomic E-state index is 0.0151. The molecule has 0 radical (unpaired) electrons. The molecule has 1 aliphatic heterocycles. The molecule has 3 heterocycles. The van der Waals surface area contributed by atoms with Crippen LogP contribution in [0.4, 0.5) is 17.6 Å². The summed E-state index contributed by atoms with van der Waals surface area (Å²) in [6, 6.07) is 9.74. The molecule has 2 bridgehead atoms. The van der Waals surface area contributed by atoms with Crippen molar-refractivity contribution in [2.45, 2.75) is 51.0 Å². The van der Waals surface area contributed by atoms with Crippen molar-refractivity contribution in [3.8, 4) is 11.5 Å². The lowest BCUT2D eigenvalue weighted by molar-refractivity contribution is -0.143. The molecule has 5 atom stereocenters. The molecule has 6 rings (SSSR count). The number of nitrogens with zero attached hydrogens (tertiary/aromatic N) is 5. The van der Waals surface area contributed by atoms with Crippen molar-refractivity contribution in [3.05, 3.63) is 54.6 Å². The van der Waals surface area contributed by atoms with Crippen LogP contribution in [-0.2, 0) is 4.79 Å². The molecule has 10 heteroatoms. The predicted molar refractivity (Wildman–Crippen MR) is 146 cm³/mol. The third kappa shape index (κ3) is 5.46. The number of carboxylic acid groups (broad SMARTS) is 1. The van der Waals surface area contributed by atoms with Crippen LogP contribution in [0.2, 0.25) is 0 Å². The van der Waals surface area contributed by atoms with Crippen LogP contribution >= 0.6 is 0 Å². The highest BCUT2D eigenvalue weighted by Crippen LogP contribution is 2.55. The van der Waals surface area contributed by atoms with Crippen molar-refractivity contribution >= 4 is 23.6 Å². The van der Waals surface area contributed by atoms with E-state index in [1.54, 1.807) is 18.6 Å². The average Bonchev–Trinajstić information content (AvgIpc) is 3.57. The van der Waals surface area contributed by atoms with E-state index < -0.39 is 5.97 Å². The van der Waals surface area contributed by atoms with Gasteiger partial charge in [0.1, 0.15) is 11.9 Å². The van der Waals surface area contributed by atoms with Gasteiger partial charge in [0.05, 0.1) is 31.5 Å². The predicted octanol–water partition coefficient (Wildman–Crippen LogP) is 4.67. The molecule has 3 aromatic rings. The Morgan fingerprint density at radius 1 is 1.10 bits per heavy atom. The van der Waals surface area contributed by atoms with Gasteiger partial charge in [-0.3, -0.25) is 9.78 Å². The maximum absolute atomic E-state index is 11.5. The molecule has 4 unspecified atom stereocenters. The van der Waals surface area contributed by atoms with E-state index in [1.165, 1.54) is 0 Å². The Bertz CT molecular complexity index is 1320. The smallest absolute Gasteiger partial charge is 0.306 e. The van der Waals surface area contributed by atoms with Gasteiger partial charge in [0.2, 0.25) is 5.95 Å². The summed E-state index contributed by atoms with van der Waals surface area (Å²) in [5.74, 6) is 3.39. The zero-order valence-electron chi connectivity index (χ0n) is 22.1. The van der Waals surface area contributed by atoms with E-state index in [0.717, 1.165) is 61.7 Å². The number of hydrogen-bond acceptors (Lipinski definition) is 9. The second kappa shape index (κ2) is 11.0. The number of carbonyl (C=O) groups is 1. The normalized spacial score (nSPS) is 25.9. The van der Waals surface area contributed by atoms with E-state index in [9.17, 15) is 9.90 Å². The lowest BCUT2D eigenvalue weighted by Crippen LogP contribution is -2.41. The molecule has 2 N–H and O–H groups in total. The summed E-state index contributed by atoms with van der Waals surface area (Å²) in [6.45, 7) is 4.13. The van der Waals surface area contributed by atoms with Crippen molar-refractivity contribution in [1.82, 2.24) is 19.9 Å². The largest absolute Gasteiger partial charge is 0.490 e. The first-order valence-electron chi connectivity index (χ1n) is 13.9. The van der Waals surface area contributed by atoms with Gasteiger partial charge in [-0.05, 0) is 69.1 Å². The van der Waals surface area contributed by atoms with Gasteiger partial charge in [0.25, 0.3) is 0 Å². The molecular formula is C29H34N6O4. The van der Waals surface area contributed by atoms with E-state index in [1.807, 2.05) is 37.3 Å². The van der Waals surface area contributed by atoms with Gasteiger partial charge in [0, 0.05) is 24.4 Å². The lowest BCUT2D eigenvalue weighted by Gasteiger charge is -2.33. The number of nitrogens with one attached hydrogen (secondary N) is 1. The van der Waals surface area contributed by atoms with Crippen LogP contribution in [0.5, 0.6) is 11.5 Å². The maximum atomic E-state index is 11.5. The molecule has 204 valence electrons. The minimum atomic E-state index is -0.661. The van der Waals surface area contributed by atoms with Crippen LogP contribution < -0.4 is 19.7 Å². The lowest BCUT2D eigenvalue weighted by atomic mass is 9.80. The third-order valence-corrected chi connectivity index (χ3v) is 8.24. The molecule has 10 nitrogen and oxygen atoms in total. The number of para-hydroxylation sites is 2. The number of hydrogen-bond donors (Lipinski definition) is 2. The van der Waals surface area contributed by atoms with Gasteiger partial charge in [0.15, 0.2) is 17.3 Å². The number of rotatable bonds is 9. The third-order valence-electron chi connectivity index (χ3n) is 8.24. The summed E-state index contributed by atoms with van der Waals surface area (Å²) >= 11 is 0. The Kier molecular flexibility index (Phi) is 7.17. The number of ether oxygens (including phenoxy) is 2. The summed E-state index contributed by atoms with van der Waals surface area (Å²) in [5, 5.41) is 12.7. The minimum Gasteiger partial charge on any atom is -0.490 e. The molecule has 0 spiro atoms. The average molecular weight is 531 g/mol. The summed E-state index contributed by atoms with van der Waals surface area (Å²) in [4.78, 5) is 32.1. The van der Waals surface area contributed by atoms with E-state index in [2.05, 4.69) is 20.2 Å². The fraction of sp³-hybridized carbons (Fsp3) is 0.483. The maximum Gasteiger partial charge on any atom is 0.306 e. The highest BCUT2D eigenvalue weighted by atomic mass is 16.5. The van der Waals surface area contributed by atoms with Crippen LogP contribution in [0.1, 0.15) is 50.6 Å². The molecule has 3 aliphatic rings. The number of piperidine rings is 1. The van der Waals surface area contributed by atoms with Gasteiger partial charge in [-0.25, -0.2) is 15.0 Å². The van der Waals surface area contributed by atoms with Gasteiger partial charge < -0.3 is 24.8 Å².